The first-order valence-corrected chi connectivity index (χ1v) is 7.69. The van der Waals surface area contributed by atoms with Gasteiger partial charge in [0.25, 0.3) is 0 Å². The van der Waals surface area contributed by atoms with Gasteiger partial charge in [0.2, 0.25) is 0 Å². The third-order valence-electron chi connectivity index (χ3n) is 3.03. The zero-order chi connectivity index (χ0) is 15.2. The summed E-state index contributed by atoms with van der Waals surface area (Å²) < 4.78 is 4.95. The molecular formula is C15H19N3O2S. The minimum atomic E-state index is -0.355. The van der Waals surface area contributed by atoms with Crippen molar-refractivity contribution in [2.45, 2.75) is 19.8 Å². The van der Waals surface area contributed by atoms with Crippen LogP contribution in [0.4, 0.5) is 11.4 Å². The number of ether oxygens (including phenoxy) is 1. The molecule has 6 heteroatoms. The Bertz CT molecular complexity index is 599. The first kappa shape index (κ1) is 15.3. The molecule has 1 aromatic carbocycles. The van der Waals surface area contributed by atoms with E-state index in [0.717, 1.165) is 17.2 Å². The molecule has 0 bridgehead atoms. The number of benzene rings is 1. The molecule has 1 unspecified atom stereocenters. The van der Waals surface area contributed by atoms with Crippen molar-refractivity contribution in [3.05, 3.63) is 40.3 Å². The van der Waals surface area contributed by atoms with E-state index in [2.05, 4.69) is 17.2 Å². The number of esters is 1. The number of aromatic nitrogens is 1. The molecule has 0 radical (unpaired) electrons. The highest BCUT2D eigenvalue weighted by molar-refractivity contribution is 7.09. The summed E-state index contributed by atoms with van der Waals surface area (Å²) >= 11 is 1.64. The van der Waals surface area contributed by atoms with Crippen molar-refractivity contribution in [1.29, 1.82) is 0 Å². The second-order valence-corrected chi connectivity index (χ2v) is 5.60. The average Bonchev–Trinajstić information content (AvgIpc) is 3.00. The van der Waals surface area contributed by atoms with E-state index in [1.165, 1.54) is 0 Å². The highest BCUT2D eigenvalue weighted by atomic mass is 32.1. The minimum absolute atomic E-state index is 0.300. The van der Waals surface area contributed by atoms with Crippen LogP contribution in [0.3, 0.4) is 0 Å². The van der Waals surface area contributed by atoms with E-state index in [9.17, 15) is 4.79 Å². The van der Waals surface area contributed by atoms with E-state index in [1.807, 2.05) is 5.38 Å². The number of carbonyl (C=O) groups is 1. The minimum Gasteiger partial charge on any atom is -0.462 e. The number of carbonyl (C=O) groups excluding carboxylic acids is 1. The fourth-order valence-electron chi connectivity index (χ4n) is 1.89. The molecule has 1 aromatic heterocycles. The molecule has 0 aliphatic rings. The Kier molecular flexibility index (Phi) is 5.16. The van der Waals surface area contributed by atoms with Gasteiger partial charge in [-0.15, -0.1) is 11.3 Å². The van der Waals surface area contributed by atoms with E-state index in [-0.39, 0.29) is 5.97 Å². The lowest BCUT2D eigenvalue weighted by Crippen LogP contribution is -2.12. The van der Waals surface area contributed by atoms with Gasteiger partial charge in [0, 0.05) is 24.0 Å². The van der Waals surface area contributed by atoms with E-state index in [4.69, 9.17) is 10.5 Å². The normalized spacial score (nSPS) is 11.9. The molecule has 1 heterocycles. The third kappa shape index (κ3) is 3.95. The second kappa shape index (κ2) is 7.08. The van der Waals surface area contributed by atoms with Gasteiger partial charge >= 0.3 is 5.97 Å². The average molecular weight is 305 g/mol. The molecule has 112 valence electrons. The topological polar surface area (TPSA) is 77.2 Å². The van der Waals surface area contributed by atoms with Gasteiger partial charge in [-0.2, -0.15) is 0 Å². The Morgan fingerprint density at radius 3 is 2.95 bits per heavy atom. The van der Waals surface area contributed by atoms with Crippen molar-refractivity contribution in [2.24, 2.45) is 0 Å². The summed E-state index contributed by atoms with van der Waals surface area (Å²) in [7, 11) is 0. The molecule has 0 fully saturated rings. The molecule has 3 N–H and O–H groups in total. The van der Waals surface area contributed by atoms with Crippen molar-refractivity contribution in [3.63, 3.8) is 0 Å². The highest BCUT2D eigenvalue weighted by Gasteiger charge is 2.11. The maximum Gasteiger partial charge on any atom is 0.338 e. The van der Waals surface area contributed by atoms with Crippen LogP contribution >= 0.6 is 11.3 Å². The van der Waals surface area contributed by atoms with Crippen molar-refractivity contribution in [2.75, 3.05) is 24.2 Å². The summed E-state index contributed by atoms with van der Waals surface area (Å²) in [5.74, 6) is -0.0546. The van der Waals surface area contributed by atoms with Gasteiger partial charge in [-0.05, 0) is 25.1 Å². The maximum atomic E-state index is 11.6. The number of hydrogen-bond donors (Lipinski definition) is 2. The molecule has 2 aromatic rings. The van der Waals surface area contributed by atoms with Crippen molar-refractivity contribution >= 4 is 28.7 Å². The number of nitrogen functional groups attached to an aromatic ring is 1. The first-order chi connectivity index (χ1) is 10.1. The van der Waals surface area contributed by atoms with E-state index >= 15 is 0 Å². The highest BCUT2D eigenvalue weighted by Crippen LogP contribution is 2.23. The van der Waals surface area contributed by atoms with Gasteiger partial charge in [0.1, 0.15) is 0 Å². The molecular weight excluding hydrogens is 286 g/mol. The van der Waals surface area contributed by atoms with Crippen molar-refractivity contribution < 1.29 is 9.53 Å². The van der Waals surface area contributed by atoms with Crippen LogP contribution in [0.5, 0.6) is 0 Å². The van der Waals surface area contributed by atoms with Gasteiger partial charge < -0.3 is 15.8 Å². The fraction of sp³-hybridized carbons (Fsp3) is 0.333. The molecule has 5 nitrogen and oxygen atoms in total. The molecule has 0 saturated heterocycles. The Balaban J connectivity index is 1.99. The zero-order valence-corrected chi connectivity index (χ0v) is 12.9. The number of thiazole rings is 1. The number of anilines is 2. The second-order valence-electron chi connectivity index (χ2n) is 4.67. The molecule has 21 heavy (non-hydrogen) atoms. The standard InChI is InChI=1S/C15H19N3O2S/c1-3-20-15(19)11-4-5-13(12(16)8-11)18-9-10(2)14-17-6-7-21-14/h4-8,10,18H,3,9,16H2,1-2H3. The summed E-state index contributed by atoms with van der Waals surface area (Å²) in [5, 5.41) is 6.34. The smallest absolute Gasteiger partial charge is 0.338 e. The number of nitrogens with two attached hydrogens (primary N) is 1. The molecule has 0 amide bonds. The van der Waals surface area contributed by atoms with E-state index < -0.39 is 0 Å². The lowest BCUT2D eigenvalue weighted by atomic mass is 10.1. The summed E-state index contributed by atoms with van der Waals surface area (Å²) in [5.41, 5.74) is 7.79. The van der Waals surface area contributed by atoms with Crippen molar-refractivity contribution in [3.8, 4) is 0 Å². The molecule has 0 spiro atoms. The van der Waals surface area contributed by atoms with E-state index in [1.54, 1.807) is 42.7 Å². The zero-order valence-electron chi connectivity index (χ0n) is 12.1. The molecule has 0 aliphatic heterocycles. The predicted molar refractivity (Wildman–Crippen MR) is 85.8 cm³/mol. The summed E-state index contributed by atoms with van der Waals surface area (Å²) in [6.45, 7) is 4.97. The Labute approximate surface area is 128 Å². The number of nitrogens with one attached hydrogen (secondary N) is 1. The van der Waals surface area contributed by atoms with Gasteiger partial charge in [-0.3, -0.25) is 0 Å². The van der Waals surface area contributed by atoms with E-state index in [0.29, 0.717) is 23.8 Å². The summed E-state index contributed by atoms with van der Waals surface area (Å²) in [6, 6.07) is 5.15. The Hall–Kier alpha value is -2.08. The number of rotatable bonds is 6. The molecule has 0 aliphatic carbocycles. The third-order valence-corrected chi connectivity index (χ3v) is 4.04. The van der Waals surface area contributed by atoms with Crippen LogP contribution in [0.15, 0.2) is 29.8 Å². The molecule has 2 rings (SSSR count). The van der Waals surface area contributed by atoms with Crippen LogP contribution in [-0.4, -0.2) is 24.1 Å². The quantitative estimate of drug-likeness (QED) is 0.633. The Morgan fingerprint density at radius 1 is 1.52 bits per heavy atom. The van der Waals surface area contributed by atoms with Crippen LogP contribution in [-0.2, 0) is 4.74 Å². The lowest BCUT2D eigenvalue weighted by Gasteiger charge is -2.13. The van der Waals surface area contributed by atoms with Crippen LogP contribution in [0, 0.1) is 0 Å². The van der Waals surface area contributed by atoms with Crippen LogP contribution in [0.25, 0.3) is 0 Å². The Morgan fingerprint density at radius 2 is 2.33 bits per heavy atom. The predicted octanol–water partition coefficient (Wildman–Crippen LogP) is 3.12. The maximum absolute atomic E-state index is 11.6. The number of hydrogen-bond acceptors (Lipinski definition) is 6. The largest absolute Gasteiger partial charge is 0.462 e. The van der Waals surface area contributed by atoms with Gasteiger partial charge in [-0.25, -0.2) is 9.78 Å². The van der Waals surface area contributed by atoms with Crippen LogP contribution in [0.1, 0.15) is 35.1 Å². The van der Waals surface area contributed by atoms with Gasteiger partial charge in [0.05, 0.1) is 28.6 Å². The molecule has 0 saturated carbocycles. The summed E-state index contributed by atoms with van der Waals surface area (Å²) in [6.07, 6.45) is 1.80. The first-order valence-electron chi connectivity index (χ1n) is 6.81. The monoisotopic (exact) mass is 305 g/mol. The van der Waals surface area contributed by atoms with Crippen molar-refractivity contribution in [1.82, 2.24) is 4.98 Å². The van der Waals surface area contributed by atoms with Gasteiger partial charge in [-0.1, -0.05) is 6.92 Å². The molecule has 1 atom stereocenters. The lowest BCUT2D eigenvalue weighted by molar-refractivity contribution is 0.0526. The van der Waals surface area contributed by atoms with Gasteiger partial charge in [0.15, 0.2) is 0 Å². The fourth-order valence-corrected chi connectivity index (χ4v) is 2.59. The van der Waals surface area contributed by atoms with Crippen LogP contribution in [0.2, 0.25) is 0 Å². The summed E-state index contributed by atoms with van der Waals surface area (Å²) in [4.78, 5) is 15.9. The number of nitrogens with zero attached hydrogens (tertiary/aromatic N) is 1. The van der Waals surface area contributed by atoms with Crippen LogP contribution < -0.4 is 11.1 Å². The SMILES string of the molecule is CCOC(=O)c1ccc(NCC(C)c2nccs2)c(N)c1.